The third kappa shape index (κ3) is 1.77. The number of allylic oxidation sites excluding steroid dienone is 1. The standard InChI is InChI=1S/C16H15OS/c1-11(2)15-8-7-14-9-12-5-3-4-6-13(12)10-16(14)18(15)17/h3-11H,1-2H3/q-1. The maximum atomic E-state index is 12.5. The van der Waals surface area contributed by atoms with Gasteiger partial charge in [-0.1, -0.05) is 56.3 Å². The van der Waals surface area contributed by atoms with E-state index in [1.54, 1.807) is 0 Å². The van der Waals surface area contributed by atoms with E-state index in [4.69, 9.17) is 0 Å². The van der Waals surface area contributed by atoms with Crippen LogP contribution in [0.25, 0.3) is 16.8 Å². The molecule has 0 aliphatic carbocycles. The molecule has 1 aliphatic heterocycles. The molecule has 92 valence electrons. The minimum Gasteiger partial charge on any atom is -0.457 e. The molecule has 0 bridgehead atoms. The van der Waals surface area contributed by atoms with E-state index < -0.39 is 10.4 Å². The first-order chi connectivity index (χ1) is 8.66. The van der Waals surface area contributed by atoms with Gasteiger partial charge in [0, 0.05) is 0 Å². The van der Waals surface area contributed by atoms with Crippen molar-refractivity contribution in [3.63, 3.8) is 0 Å². The van der Waals surface area contributed by atoms with Crippen molar-refractivity contribution in [2.45, 2.75) is 18.7 Å². The van der Waals surface area contributed by atoms with Gasteiger partial charge in [0.05, 0.1) is 0 Å². The van der Waals surface area contributed by atoms with Crippen LogP contribution in [0.2, 0.25) is 0 Å². The van der Waals surface area contributed by atoms with Gasteiger partial charge in [-0.3, -0.25) is 0 Å². The van der Waals surface area contributed by atoms with Gasteiger partial charge in [-0.25, -0.2) is 10.4 Å². The van der Waals surface area contributed by atoms with Crippen LogP contribution >= 0.6 is 0 Å². The highest BCUT2D eigenvalue weighted by atomic mass is 32.2. The van der Waals surface area contributed by atoms with Crippen molar-refractivity contribution in [3.8, 4) is 0 Å². The summed E-state index contributed by atoms with van der Waals surface area (Å²) in [5.74, 6) is 0.321. The van der Waals surface area contributed by atoms with E-state index in [9.17, 15) is 4.21 Å². The van der Waals surface area contributed by atoms with E-state index in [0.717, 1.165) is 20.7 Å². The van der Waals surface area contributed by atoms with Crippen molar-refractivity contribution in [2.24, 2.45) is 5.92 Å². The number of fused-ring (bicyclic) bond motifs is 2. The zero-order chi connectivity index (χ0) is 12.7. The molecule has 18 heavy (non-hydrogen) atoms. The Bertz CT molecular complexity index is 732. The second-order valence-electron chi connectivity index (χ2n) is 4.90. The molecule has 1 aliphatic rings. The number of benzene rings is 2. The predicted molar refractivity (Wildman–Crippen MR) is 79.1 cm³/mol. The molecule has 0 saturated carbocycles. The number of rotatable bonds is 1. The Morgan fingerprint density at radius 2 is 1.67 bits per heavy atom. The van der Waals surface area contributed by atoms with E-state index >= 15 is 0 Å². The first-order valence-electron chi connectivity index (χ1n) is 6.16. The Hall–Kier alpha value is -1.54. The molecule has 0 atom stereocenters. The normalized spacial score (nSPS) is 15.4. The molecule has 0 N–H and O–H groups in total. The summed E-state index contributed by atoms with van der Waals surface area (Å²) < 4.78 is 12.5. The molecule has 0 amide bonds. The molecule has 0 aromatic heterocycles. The van der Waals surface area contributed by atoms with Gasteiger partial charge in [0.2, 0.25) is 0 Å². The molecule has 1 nitrogen and oxygen atoms in total. The van der Waals surface area contributed by atoms with E-state index in [2.05, 4.69) is 44.2 Å². The molecule has 2 aromatic rings. The topological polar surface area (TPSA) is 17.1 Å². The predicted octanol–water partition coefficient (Wildman–Crippen LogP) is 4.02. The monoisotopic (exact) mass is 255 g/mol. The molecule has 0 radical (unpaired) electrons. The lowest BCUT2D eigenvalue weighted by Crippen LogP contribution is -2.11. The zero-order valence-corrected chi connectivity index (χ0v) is 11.3. The highest BCUT2D eigenvalue weighted by Crippen LogP contribution is 2.26. The van der Waals surface area contributed by atoms with Gasteiger partial charge in [-0.15, -0.1) is 9.76 Å². The Kier molecular flexibility index (Phi) is 2.75. The van der Waals surface area contributed by atoms with Crippen molar-refractivity contribution in [3.05, 3.63) is 48.0 Å². The molecule has 0 spiro atoms. The first-order valence-corrected chi connectivity index (χ1v) is 7.31. The maximum Gasteiger partial charge on any atom is -0.0179 e. The Balaban J connectivity index is 2.32. The summed E-state index contributed by atoms with van der Waals surface area (Å²) >= 11 is 0. The van der Waals surface area contributed by atoms with E-state index in [-0.39, 0.29) is 0 Å². The molecule has 0 unspecified atom stereocenters. The summed E-state index contributed by atoms with van der Waals surface area (Å²) in [6.07, 6.45) is 4.09. The quantitative estimate of drug-likeness (QED) is 0.555. The molecule has 3 rings (SSSR count). The molecular formula is C16H15OS-. The minimum atomic E-state index is -1.01. The Morgan fingerprint density at radius 3 is 2.33 bits per heavy atom. The van der Waals surface area contributed by atoms with Crippen LogP contribution in [0.5, 0.6) is 0 Å². The van der Waals surface area contributed by atoms with Crippen molar-refractivity contribution in [1.82, 2.24) is 0 Å². The van der Waals surface area contributed by atoms with Crippen molar-refractivity contribution < 1.29 is 4.21 Å². The largest absolute Gasteiger partial charge is 0.457 e. The summed E-state index contributed by atoms with van der Waals surface area (Å²) in [7, 11) is -1.01. The van der Waals surface area contributed by atoms with Crippen LogP contribution in [0, 0.1) is 5.92 Å². The Morgan fingerprint density at radius 1 is 1.00 bits per heavy atom. The SMILES string of the molecule is CC(C)C1=[S-](=O)c2cc3ccccc3cc2C=C1. The highest BCUT2D eigenvalue weighted by Gasteiger charge is 2.05. The molecule has 0 saturated heterocycles. The van der Waals surface area contributed by atoms with Crippen LogP contribution in [0.4, 0.5) is 0 Å². The van der Waals surface area contributed by atoms with Crippen LogP contribution < -0.4 is 0 Å². The van der Waals surface area contributed by atoms with Gasteiger partial charge in [0.15, 0.2) is 0 Å². The van der Waals surface area contributed by atoms with Crippen LogP contribution in [0.3, 0.4) is 0 Å². The fourth-order valence-electron chi connectivity index (χ4n) is 2.30. The van der Waals surface area contributed by atoms with Gasteiger partial charge in [-0.2, -0.15) is 0 Å². The maximum absolute atomic E-state index is 12.5. The first kappa shape index (κ1) is 11.5. The Labute approximate surface area is 109 Å². The summed E-state index contributed by atoms with van der Waals surface area (Å²) in [5.41, 5.74) is 1.08. The van der Waals surface area contributed by atoms with Gasteiger partial charge in [0.25, 0.3) is 0 Å². The fraction of sp³-hybridized carbons (Fsp3) is 0.188. The van der Waals surface area contributed by atoms with Gasteiger partial charge < -0.3 is 4.21 Å². The summed E-state index contributed by atoms with van der Waals surface area (Å²) in [4.78, 5) is 1.96. The molecular weight excluding hydrogens is 240 g/mol. The zero-order valence-electron chi connectivity index (χ0n) is 10.5. The van der Waals surface area contributed by atoms with Crippen LogP contribution in [0.1, 0.15) is 19.4 Å². The van der Waals surface area contributed by atoms with E-state index in [1.807, 2.05) is 18.2 Å². The third-order valence-electron chi connectivity index (χ3n) is 3.29. The third-order valence-corrected chi connectivity index (χ3v) is 5.08. The average molecular weight is 255 g/mol. The van der Waals surface area contributed by atoms with E-state index in [1.165, 1.54) is 5.39 Å². The summed E-state index contributed by atoms with van der Waals surface area (Å²) in [6.45, 7) is 4.17. The summed E-state index contributed by atoms with van der Waals surface area (Å²) in [6, 6.07) is 12.4. The van der Waals surface area contributed by atoms with Gasteiger partial charge in [0.1, 0.15) is 0 Å². The van der Waals surface area contributed by atoms with Crippen LogP contribution in [-0.4, -0.2) is 4.86 Å². The van der Waals surface area contributed by atoms with Crippen molar-refractivity contribution in [1.29, 1.82) is 0 Å². The average Bonchev–Trinajstić information content (AvgIpc) is 2.37. The lowest BCUT2D eigenvalue weighted by atomic mass is 10.0. The number of hydrogen-bond donors (Lipinski definition) is 0. The molecule has 1 heterocycles. The van der Waals surface area contributed by atoms with E-state index in [0.29, 0.717) is 5.92 Å². The minimum absolute atomic E-state index is 0.321. The van der Waals surface area contributed by atoms with Gasteiger partial charge in [-0.05, 0) is 28.3 Å². The molecule has 0 fully saturated rings. The number of hydrogen-bond acceptors (Lipinski definition) is 2. The highest BCUT2D eigenvalue weighted by molar-refractivity contribution is 7.85. The summed E-state index contributed by atoms with van der Waals surface area (Å²) in [5, 5.41) is 2.36. The van der Waals surface area contributed by atoms with Crippen LogP contribution in [-0.2, 0) is 14.6 Å². The molecule has 2 heteroatoms. The molecule has 2 aromatic carbocycles. The van der Waals surface area contributed by atoms with Gasteiger partial charge >= 0.3 is 0 Å². The lowest BCUT2D eigenvalue weighted by molar-refractivity contribution is 0.602. The fourth-order valence-corrected chi connectivity index (χ4v) is 3.74. The second kappa shape index (κ2) is 4.29. The smallest absolute Gasteiger partial charge is 0.0179 e. The van der Waals surface area contributed by atoms with Crippen molar-refractivity contribution in [2.75, 3.05) is 0 Å². The van der Waals surface area contributed by atoms with Crippen LogP contribution in [0.15, 0.2) is 47.4 Å². The lowest BCUT2D eigenvalue weighted by Gasteiger charge is -2.23. The van der Waals surface area contributed by atoms with Crippen molar-refractivity contribution >= 4 is 32.1 Å². The second-order valence-corrected chi connectivity index (χ2v) is 6.35.